The molecule has 0 atom stereocenters. The lowest BCUT2D eigenvalue weighted by Gasteiger charge is -2.10. The van der Waals surface area contributed by atoms with E-state index in [-0.39, 0.29) is 22.5 Å². The van der Waals surface area contributed by atoms with E-state index in [2.05, 4.69) is 15.9 Å². The molecule has 22 heavy (non-hydrogen) atoms. The van der Waals surface area contributed by atoms with Gasteiger partial charge in [0, 0.05) is 22.2 Å². The summed E-state index contributed by atoms with van der Waals surface area (Å²) >= 11 is 3.39. The van der Waals surface area contributed by atoms with Crippen LogP contribution in [0.3, 0.4) is 0 Å². The largest absolute Gasteiger partial charge is 0.504 e. The van der Waals surface area contributed by atoms with Crippen molar-refractivity contribution in [3.05, 3.63) is 51.1 Å². The molecule has 0 radical (unpaired) electrons. The van der Waals surface area contributed by atoms with Crippen molar-refractivity contribution in [2.24, 2.45) is 0 Å². The minimum absolute atomic E-state index is 0.0366. The fourth-order valence-electron chi connectivity index (χ4n) is 2.27. The van der Waals surface area contributed by atoms with Crippen molar-refractivity contribution in [1.29, 1.82) is 0 Å². The number of fused-ring (bicyclic) bond motifs is 1. The van der Waals surface area contributed by atoms with E-state index in [9.17, 15) is 15.0 Å². The molecule has 3 aromatic rings. The van der Waals surface area contributed by atoms with E-state index in [1.165, 1.54) is 19.2 Å². The predicted molar refractivity (Wildman–Crippen MR) is 85.5 cm³/mol. The van der Waals surface area contributed by atoms with E-state index in [0.717, 1.165) is 4.47 Å². The van der Waals surface area contributed by atoms with Gasteiger partial charge in [-0.2, -0.15) is 0 Å². The molecule has 0 aliphatic rings. The lowest BCUT2D eigenvalue weighted by Crippen LogP contribution is -2.02. The Hall–Kier alpha value is -2.47. The molecule has 2 N–H and O–H groups in total. The molecule has 0 saturated heterocycles. The first-order valence-corrected chi connectivity index (χ1v) is 7.14. The Labute approximate surface area is 133 Å². The highest BCUT2D eigenvalue weighted by molar-refractivity contribution is 9.10. The number of hydrogen-bond donors (Lipinski definition) is 2. The average Bonchev–Trinajstić information content (AvgIpc) is 2.47. The van der Waals surface area contributed by atoms with Crippen LogP contribution in [0.2, 0.25) is 0 Å². The van der Waals surface area contributed by atoms with Crippen molar-refractivity contribution < 1.29 is 19.4 Å². The molecule has 0 amide bonds. The third-order valence-corrected chi connectivity index (χ3v) is 3.96. The summed E-state index contributed by atoms with van der Waals surface area (Å²) in [6.07, 6.45) is 0. The molecule has 112 valence electrons. The molecule has 0 aliphatic carbocycles. The summed E-state index contributed by atoms with van der Waals surface area (Å²) in [5.41, 5.74) is 0.341. The van der Waals surface area contributed by atoms with Gasteiger partial charge in [0.05, 0.1) is 7.11 Å². The van der Waals surface area contributed by atoms with Crippen LogP contribution < -0.4 is 10.2 Å². The fourth-order valence-corrected chi connectivity index (χ4v) is 2.75. The summed E-state index contributed by atoms with van der Waals surface area (Å²) in [6, 6.07) is 9.80. The van der Waals surface area contributed by atoms with Crippen LogP contribution in [0.5, 0.6) is 17.2 Å². The molecule has 1 aromatic heterocycles. The molecular formula is C16H11BrO5. The zero-order valence-corrected chi connectivity index (χ0v) is 13.0. The maximum atomic E-state index is 12.3. The average molecular weight is 363 g/mol. The summed E-state index contributed by atoms with van der Waals surface area (Å²) in [6.45, 7) is 0. The quantitative estimate of drug-likeness (QED) is 0.727. The Kier molecular flexibility index (Phi) is 3.54. The Morgan fingerprint density at radius 1 is 1.18 bits per heavy atom. The topological polar surface area (TPSA) is 79.9 Å². The van der Waals surface area contributed by atoms with Crippen LogP contribution in [0.25, 0.3) is 22.3 Å². The van der Waals surface area contributed by atoms with E-state index in [1.807, 2.05) is 18.2 Å². The van der Waals surface area contributed by atoms with Crippen molar-refractivity contribution in [2.75, 3.05) is 7.11 Å². The van der Waals surface area contributed by atoms with Crippen molar-refractivity contribution >= 4 is 26.9 Å². The van der Waals surface area contributed by atoms with Gasteiger partial charge in [0.1, 0.15) is 16.7 Å². The van der Waals surface area contributed by atoms with E-state index < -0.39 is 11.2 Å². The summed E-state index contributed by atoms with van der Waals surface area (Å²) in [5.74, 6) is -0.577. The Bertz CT molecular complexity index is 930. The van der Waals surface area contributed by atoms with E-state index >= 15 is 0 Å². The number of aromatic hydroxyl groups is 2. The van der Waals surface area contributed by atoms with Gasteiger partial charge in [-0.15, -0.1) is 0 Å². The molecule has 0 bridgehead atoms. The number of rotatable bonds is 2. The summed E-state index contributed by atoms with van der Waals surface area (Å²) in [7, 11) is 1.29. The normalized spacial score (nSPS) is 10.8. The lowest BCUT2D eigenvalue weighted by atomic mass is 10.1. The van der Waals surface area contributed by atoms with Crippen LogP contribution in [0.15, 0.2) is 50.1 Å². The SMILES string of the molecule is COc1c(O)cc2oc(-c3ccccc3Br)cc(=O)c2c1O. The minimum atomic E-state index is -0.440. The molecule has 5 nitrogen and oxygen atoms in total. The molecule has 0 fully saturated rings. The van der Waals surface area contributed by atoms with E-state index in [4.69, 9.17) is 9.15 Å². The molecule has 0 unspecified atom stereocenters. The number of hydrogen-bond acceptors (Lipinski definition) is 5. The van der Waals surface area contributed by atoms with E-state index in [0.29, 0.717) is 11.3 Å². The van der Waals surface area contributed by atoms with Gasteiger partial charge in [-0.05, 0) is 6.07 Å². The molecule has 3 rings (SSSR count). The lowest BCUT2D eigenvalue weighted by molar-refractivity contribution is 0.346. The third-order valence-electron chi connectivity index (χ3n) is 3.27. The highest BCUT2D eigenvalue weighted by Crippen LogP contribution is 2.41. The first-order valence-electron chi connectivity index (χ1n) is 6.34. The Balaban J connectivity index is 2.35. The van der Waals surface area contributed by atoms with Gasteiger partial charge in [-0.25, -0.2) is 0 Å². The maximum absolute atomic E-state index is 12.3. The van der Waals surface area contributed by atoms with Crippen LogP contribution in [0.1, 0.15) is 0 Å². The smallest absolute Gasteiger partial charge is 0.203 e. The van der Waals surface area contributed by atoms with Crippen LogP contribution in [-0.4, -0.2) is 17.3 Å². The van der Waals surface area contributed by atoms with Crippen molar-refractivity contribution in [3.63, 3.8) is 0 Å². The number of phenolic OH excluding ortho intramolecular Hbond substituents is 2. The van der Waals surface area contributed by atoms with Crippen molar-refractivity contribution in [3.8, 4) is 28.6 Å². The number of benzene rings is 2. The van der Waals surface area contributed by atoms with Gasteiger partial charge in [-0.1, -0.05) is 34.1 Å². The highest BCUT2D eigenvalue weighted by Gasteiger charge is 2.18. The van der Waals surface area contributed by atoms with Crippen molar-refractivity contribution in [1.82, 2.24) is 0 Å². The second kappa shape index (κ2) is 5.38. The van der Waals surface area contributed by atoms with Crippen LogP contribution in [0.4, 0.5) is 0 Å². The molecule has 2 aromatic carbocycles. The Morgan fingerprint density at radius 2 is 1.91 bits per heavy atom. The minimum Gasteiger partial charge on any atom is -0.504 e. The number of phenols is 2. The maximum Gasteiger partial charge on any atom is 0.203 e. The molecule has 0 aliphatic heterocycles. The fraction of sp³-hybridized carbons (Fsp3) is 0.0625. The standard InChI is InChI=1S/C16H11BrO5/c1-21-16-11(19)7-13-14(15(16)20)10(18)6-12(22-13)8-4-2-3-5-9(8)17/h2-7,19-20H,1H3. The van der Waals surface area contributed by atoms with Gasteiger partial charge in [0.2, 0.25) is 5.75 Å². The van der Waals surface area contributed by atoms with Crippen LogP contribution in [0, 0.1) is 0 Å². The van der Waals surface area contributed by atoms with Gasteiger partial charge >= 0.3 is 0 Å². The third kappa shape index (κ3) is 2.21. The number of methoxy groups -OCH3 is 1. The van der Waals surface area contributed by atoms with Gasteiger partial charge in [0.15, 0.2) is 16.9 Å². The number of halogens is 1. The van der Waals surface area contributed by atoms with E-state index in [1.54, 1.807) is 6.07 Å². The summed E-state index contributed by atoms with van der Waals surface area (Å²) in [4.78, 5) is 12.3. The molecule has 0 saturated carbocycles. The van der Waals surface area contributed by atoms with Gasteiger partial charge < -0.3 is 19.4 Å². The highest BCUT2D eigenvalue weighted by atomic mass is 79.9. The van der Waals surface area contributed by atoms with Crippen LogP contribution >= 0.6 is 15.9 Å². The second-order valence-corrected chi connectivity index (χ2v) is 5.46. The zero-order chi connectivity index (χ0) is 15.9. The first kappa shape index (κ1) is 14.5. The predicted octanol–water partition coefficient (Wildman–Crippen LogP) is 3.64. The number of ether oxygens (including phenoxy) is 1. The summed E-state index contributed by atoms with van der Waals surface area (Å²) < 4.78 is 11.3. The Morgan fingerprint density at radius 3 is 2.59 bits per heavy atom. The first-order chi connectivity index (χ1) is 10.5. The van der Waals surface area contributed by atoms with Gasteiger partial charge in [0.25, 0.3) is 0 Å². The second-order valence-electron chi connectivity index (χ2n) is 4.61. The molecule has 0 spiro atoms. The summed E-state index contributed by atoms with van der Waals surface area (Å²) in [5, 5.41) is 19.9. The monoisotopic (exact) mass is 362 g/mol. The van der Waals surface area contributed by atoms with Crippen LogP contribution in [-0.2, 0) is 0 Å². The molecule has 6 heteroatoms. The zero-order valence-electron chi connectivity index (χ0n) is 11.5. The van der Waals surface area contributed by atoms with Crippen molar-refractivity contribution in [2.45, 2.75) is 0 Å². The van der Waals surface area contributed by atoms with Gasteiger partial charge in [-0.3, -0.25) is 4.79 Å². The molecule has 1 heterocycles. The molecular weight excluding hydrogens is 352 g/mol.